The molecule has 0 aliphatic rings. The normalized spacial score (nSPS) is 11.2. The van der Waals surface area contributed by atoms with E-state index >= 15 is 0 Å². The summed E-state index contributed by atoms with van der Waals surface area (Å²) in [6.45, 7) is 7.69. The number of aryl methyl sites for hydroxylation is 1. The molecule has 0 saturated heterocycles. The Morgan fingerprint density at radius 2 is 1.64 bits per heavy atom. The minimum atomic E-state index is -0.631. The molecule has 2 aromatic heterocycles. The highest BCUT2D eigenvalue weighted by Crippen LogP contribution is 2.33. The van der Waals surface area contributed by atoms with Crippen LogP contribution in [0.25, 0.3) is 22.0 Å². The Labute approximate surface area is 256 Å². The first-order valence-corrected chi connectivity index (χ1v) is 14.5. The summed E-state index contributed by atoms with van der Waals surface area (Å²) in [6, 6.07) is 12.1. The smallest absolute Gasteiger partial charge is 0.412 e. The van der Waals surface area contributed by atoms with Crippen LogP contribution in [0.5, 0.6) is 11.6 Å². The lowest BCUT2D eigenvalue weighted by molar-refractivity contribution is -0.116. The number of methoxy groups -OCH3 is 1. The van der Waals surface area contributed by atoms with Crippen LogP contribution in [-0.4, -0.2) is 46.3 Å². The largest absolute Gasteiger partial charge is 0.491 e. The highest BCUT2D eigenvalue weighted by Gasteiger charge is 2.18. The molecule has 0 bridgehead atoms. The van der Waals surface area contributed by atoms with Crippen LogP contribution in [0, 0.1) is 12.7 Å². The molecule has 0 aliphatic carbocycles. The number of carbonyl (C=O) groups excluding carboxylic acids is 2. The van der Waals surface area contributed by atoms with E-state index in [2.05, 4.69) is 25.6 Å². The van der Waals surface area contributed by atoms with Gasteiger partial charge in [-0.25, -0.2) is 24.1 Å². The third kappa shape index (κ3) is 8.85. The van der Waals surface area contributed by atoms with Gasteiger partial charge in [0.25, 0.3) is 0 Å². The first-order valence-electron chi connectivity index (χ1n) is 14.5. The Balaban J connectivity index is 1.27. The first-order chi connectivity index (χ1) is 21.0. The molecule has 44 heavy (non-hydrogen) atoms. The molecule has 0 fully saturated rings. The van der Waals surface area contributed by atoms with E-state index in [1.54, 1.807) is 51.2 Å². The number of pyridine rings is 1. The zero-order valence-electron chi connectivity index (χ0n) is 25.7. The lowest BCUT2D eigenvalue weighted by Gasteiger charge is -2.20. The van der Waals surface area contributed by atoms with E-state index in [0.717, 1.165) is 35.9 Å². The molecule has 10 nitrogen and oxygen atoms in total. The number of benzene rings is 2. The van der Waals surface area contributed by atoms with Crippen LogP contribution in [-0.2, 0) is 9.53 Å². The van der Waals surface area contributed by atoms with Crippen molar-refractivity contribution in [3.63, 3.8) is 0 Å². The van der Waals surface area contributed by atoms with Crippen molar-refractivity contribution in [2.24, 2.45) is 0 Å². The molecular formula is C33H38FN5O5. The van der Waals surface area contributed by atoms with Gasteiger partial charge in [0, 0.05) is 29.3 Å². The van der Waals surface area contributed by atoms with E-state index in [1.165, 1.54) is 19.5 Å². The van der Waals surface area contributed by atoms with Crippen LogP contribution >= 0.6 is 0 Å². The summed E-state index contributed by atoms with van der Waals surface area (Å²) < 4.78 is 30.8. The van der Waals surface area contributed by atoms with Gasteiger partial charge in [-0.1, -0.05) is 25.0 Å². The number of fused-ring (bicyclic) bond motifs is 1. The van der Waals surface area contributed by atoms with Gasteiger partial charge in [-0.05, 0) is 76.4 Å². The van der Waals surface area contributed by atoms with Crippen LogP contribution in [0.15, 0.2) is 55.0 Å². The number of halogens is 1. The average molecular weight is 604 g/mol. The summed E-state index contributed by atoms with van der Waals surface area (Å²) in [4.78, 5) is 37.5. The van der Waals surface area contributed by atoms with Crippen LogP contribution in [0.2, 0.25) is 0 Å². The number of nitrogens with one attached hydrogen (secondary N) is 2. The van der Waals surface area contributed by atoms with Crippen LogP contribution in [0.3, 0.4) is 0 Å². The topological polar surface area (TPSA) is 125 Å². The Morgan fingerprint density at radius 1 is 0.909 bits per heavy atom. The highest BCUT2D eigenvalue weighted by molar-refractivity contribution is 5.97. The van der Waals surface area contributed by atoms with Crippen molar-refractivity contribution in [2.45, 2.75) is 65.4 Å². The number of para-hydroxylation sites is 2. The first kappa shape index (κ1) is 32.1. The van der Waals surface area contributed by atoms with E-state index in [0.29, 0.717) is 47.7 Å². The fourth-order valence-corrected chi connectivity index (χ4v) is 4.52. The molecule has 4 aromatic rings. The Hall–Kier alpha value is -4.80. The number of aromatic nitrogens is 3. The summed E-state index contributed by atoms with van der Waals surface area (Å²) in [5, 5.41) is 6.37. The predicted molar refractivity (Wildman–Crippen MR) is 168 cm³/mol. The predicted octanol–water partition coefficient (Wildman–Crippen LogP) is 7.46. The molecule has 2 amide bonds. The Bertz CT molecular complexity index is 1620. The summed E-state index contributed by atoms with van der Waals surface area (Å²) in [7, 11) is 1.37. The van der Waals surface area contributed by atoms with Crippen molar-refractivity contribution in [1.82, 2.24) is 15.0 Å². The van der Waals surface area contributed by atoms with E-state index < -0.39 is 17.5 Å². The molecule has 0 radical (unpaired) electrons. The lowest BCUT2D eigenvalue weighted by Crippen LogP contribution is -2.27. The van der Waals surface area contributed by atoms with Crippen LogP contribution < -0.4 is 20.1 Å². The second kappa shape index (κ2) is 14.6. The van der Waals surface area contributed by atoms with Gasteiger partial charge in [-0.2, -0.15) is 0 Å². The molecule has 0 spiro atoms. The van der Waals surface area contributed by atoms with E-state index in [9.17, 15) is 14.0 Å². The fraction of sp³-hybridized carbons (Fsp3) is 0.364. The zero-order chi connectivity index (χ0) is 31.7. The molecule has 232 valence electrons. The molecule has 0 atom stereocenters. The molecule has 2 N–H and O–H groups in total. The van der Waals surface area contributed by atoms with Crippen molar-refractivity contribution >= 4 is 34.3 Å². The monoisotopic (exact) mass is 603 g/mol. The van der Waals surface area contributed by atoms with Crippen molar-refractivity contribution < 1.29 is 28.2 Å². The second-order valence-corrected chi connectivity index (χ2v) is 11.3. The number of ether oxygens (including phenoxy) is 3. The molecule has 2 heterocycles. The van der Waals surface area contributed by atoms with Gasteiger partial charge in [0.05, 0.1) is 25.1 Å². The SMILES string of the molecule is COc1ncc(-c2cc(OCCCCCCC(=O)Nc3ccccc3NC(=O)OC(C)(C)C)c3ncnc(C)c3c2)cc1F. The van der Waals surface area contributed by atoms with Gasteiger partial charge < -0.3 is 19.5 Å². The number of unbranched alkanes of at least 4 members (excludes halogenated alkanes) is 3. The summed E-state index contributed by atoms with van der Waals surface area (Å²) in [5.74, 6) is -0.174. The fourth-order valence-electron chi connectivity index (χ4n) is 4.52. The third-order valence-corrected chi connectivity index (χ3v) is 6.63. The van der Waals surface area contributed by atoms with E-state index in [1.807, 2.05) is 19.1 Å². The number of hydrogen-bond donors (Lipinski definition) is 2. The number of hydrogen-bond acceptors (Lipinski definition) is 8. The zero-order valence-corrected chi connectivity index (χ0v) is 25.7. The van der Waals surface area contributed by atoms with Crippen molar-refractivity contribution in [1.29, 1.82) is 0 Å². The van der Waals surface area contributed by atoms with Gasteiger partial charge in [0.1, 0.15) is 23.2 Å². The summed E-state index contributed by atoms with van der Waals surface area (Å²) >= 11 is 0. The molecule has 0 saturated carbocycles. The van der Waals surface area contributed by atoms with E-state index in [-0.39, 0.29) is 11.8 Å². The number of anilines is 2. The minimum absolute atomic E-state index is 0.0666. The summed E-state index contributed by atoms with van der Waals surface area (Å²) in [6.07, 6.45) is 5.99. The van der Waals surface area contributed by atoms with Crippen molar-refractivity contribution in [3.8, 4) is 22.8 Å². The van der Waals surface area contributed by atoms with Gasteiger partial charge in [0.2, 0.25) is 11.8 Å². The van der Waals surface area contributed by atoms with Crippen LogP contribution in [0.4, 0.5) is 20.6 Å². The van der Waals surface area contributed by atoms with Gasteiger partial charge in [0.15, 0.2) is 5.82 Å². The maximum Gasteiger partial charge on any atom is 0.412 e. The molecule has 4 rings (SSSR count). The lowest BCUT2D eigenvalue weighted by atomic mass is 10.0. The Kier molecular flexibility index (Phi) is 10.6. The number of amides is 2. The maximum absolute atomic E-state index is 14.4. The van der Waals surface area contributed by atoms with Gasteiger partial charge >= 0.3 is 6.09 Å². The number of nitrogens with zero attached hydrogens (tertiary/aromatic N) is 3. The van der Waals surface area contributed by atoms with E-state index in [4.69, 9.17) is 14.2 Å². The maximum atomic E-state index is 14.4. The van der Waals surface area contributed by atoms with Crippen LogP contribution in [0.1, 0.15) is 58.6 Å². The average Bonchev–Trinajstić information content (AvgIpc) is 2.97. The molecule has 0 aliphatic heterocycles. The Morgan fingerprint density at radius 3 is 2.34 bits per heavy atom. The second-order valence-electron chi connectivity index (χ2n) is 11.3. The van der Waals surface area contributed by atoms with Crippen molar-refractivity contribution in [2.75, 3.05) is 24.4 Å². The molecule has 0 unspecified atom stereocenters. The standard InChI is InChI=1S/C33H38FN5O5/c1-21-24-16-22(23-17-25(34)31(42-5)35-19-23)18-28(30(24)37-20-36-21)43-15-11-7-6-8-14-29(40)38-26-12-9-10-13-27(26)39-32(41)44-33(2,3)4/h9-10,12-13,16-20H,6-8,11,14-15H2,1-5H3,(H,38,40)(H,39,41). The van der Waals surface area contributed by atoms with Gasteiger partial charge in [-0.15, -0.1) is 0 Å². The molecule has 11 heteroatoms. The molecule has 2 aromatic carbocycles. The van der Waals surface area contributed by atoms with Crippen molar-refractivity contribution in [3.05, 3.63) is 66.5 Å². The highest BCUT2D eigenvalue weighted by atomic mass is 19.1. The quantitative estimate of drug-likeness (QED) is 0.160. The van der Waals surface area contributed by atoms with Gasteiger partial charge in [-0.3, -0.25) is 10.1 Å². The summed E-state index contributed by atoms with van der Waals surface area (Å²) in [5.41, 5.74) is 3.13. The number of rotatable bonds is 12. The number of carbonyl (C=O) groups is 2. The minimum Gasteiger partial charge on any atom is -0.491 e. The molecular weight excluding hydrogens is 565 g/mol. The third-order valence-electron chi connectivity index (χ3n) is 6.63.